The summed E-state index contributed by atoms with van der Waals surface area (Å²) < 4.78 is 5.52. The lowest BCUT2D eigenvalue weighted by Crippen LogP contribution is -2.49. The van der Waals surface area contributed by atoms with Crippen LogP contribution in [0, 0.1) is 11.3 Å². The van der Waals surface area contributed by atoms with Gasteiger partial charge in [0, 0.05) is 45.3 Å². The Hall–Kier alpha value is -1.89. The third kappa shape index (κ3) is 2.61. The fourth-order valence-electron chi connectivity index (χ4n) is 3.58. The van der Waals surface area contributed by atoms with E-state index >= 15 is 0 Å². The summed E-state index contributed by atoms with van der Waals surface area (Å²) in [5.41, 5.74) is 0.549. The van der Waals surface area contributed by atoms with Crippen molar-refractivity contribution in [2.45, 2.75) is 19.3 Å². The maximum atomic E-state index is 12.5. The van der Waals surface area contributed by atoms with E-state index in [2.05, 4.69) is 15.5 Å². The standard InChI is InChI=1S/C15H22N4O3/c1-16-14(21)15-4-5-22-9-12(15)8-19(10-15)13(20)3-2-11-6-17-18-7-11/h6-7,12H,2-5,8-10H2,1H3,(H,16,21)(H,17,18)/t12-,15+/m1/s1. The normalized spacial score (nSPS) is 27.5. The Bertz CT molecular complexity index is 545. The van der Waals surface area contributed by atoms with Gasteiger partial charge in [0.2, 0.25) is 11.8 Å². The van der Waals surface area contributed by atoms with Crippen LogP contribution in [0.15, 0.2) is 12.4 Å². The van der Waals surface area contributed by atoms with Crippen LogP contribution >= 0.6 is 0 Å². The largest absolute Gasteiger partial charge is 0.381 e. The number of ether oxygens (including phenoxy) is 1. The summed E-state index contributed by atoms with van der Waals surface area (Å²) in [4.78, 5) is 26.7. The molecule has 2 saturated heterocycles. The number of rotatable bonds is 4. The predicted octanol–water partition coefficient (Wildman–Crippen LogP) is -0.0466. The predicted molar refractivity (Wildman–Crippen MR) is 78.9 cm³/mol. The summed E-state index contributed by atoms with van der Waals surface area (Å²) in [6, 6.07) is 0. The quantitative estimate of drug-likeness (QED) is 0.817. The van der Waals surface area contributed by atoms with Crippen LogP contribution in [0.2, 0.25) is 0 Å². The van der Waals surface area contributed by atoms with Gasteiger partial charge in [-0.05, 0) is 18.4 Å². The third-order valence-corrected chi connectivity index (χ3v) is 4.92. The molecule has 0 spiro atoms. The maximum Gasteiger partial charge on any atom is 0.228 e. The van der Waals surface area contributed by atoms with Crippen LogP contribution in [0.25, 0.3) is 0 Å². The molecule has 0 unspecified atom stereocenters. The molecule has 0 saturated carbocycles. The van der Waals surface area contributed by atoms with Crippen LogP contribution in [-0.2, 0) is 20.7 Å². The molecule has 1 aromatic rings. The van der Waals surface area contributed by atoms with Crippen LogP contribution in [0.5, 0.6) is 0 Å². The highest BCUT2D eigenvalue weighted by atomic mass is 16.5. The van der Waals surface area contributed by atoms with Crippen LogP contribution in [-0.4, -0.2) is 60.3 Å². The topological polar surface area (TPSA) is 87.3 Å². The van der Waals surface area contributed by atoms with Gasteiger partial charge < -0.3 is 15.0 Å². The van der Waals surface area contributed by atoms with E-state index in [1.54, 1.807) is 19.4 Å². The van der Waals surface area contributed by atoms with Gasteiger partial charge in [0.1, 0.15) is 0 Å². The molecule has 2 atom stereocenters. The van der Waals surface area contributed by atoms with Crippen molar-refractivity contribution in [1.82, 2.24) is 20.4 Å². The summed E-state index contributed by atoms with van der Waals surface area (Å²) in [5.74, 6) is 0.226. The Kier molecular flexibility index (Phi) is 4.15. The molecule has 2 amide bonds. The number of amides is 2. The fourth-order valence-corrected chi connectivity index (χ4v) is 3.58. The number of aromatic nitrogens is 2. The first-order valence-corrected chi connectivity index (χ1v) is 7.71. The summed E-state index contributed by atoms with van der Waals surface area (Å²) in [6.07, 6.45) is 5.33. The van der Waals surface area contributed by atoms with Crippen molar-refractivity contribution >= 4 is 11.8 Å². The second kappa shape index (κ2) is 6.08. The summed E-state index contributed by atoms with van der Waals surface area (Å²) >= 11 is 0. The minimum atomic E-state index is -0.474. The van der Waals surface area contributed by atoms with Gasteiger partial charge in [-0.2, -0.15) is 5.10 Å². The lowest BCUT2D eigenvalue weighted by molar-refractivity contribution is -0.139. The molecule has 2 aliphatic heterocycles. The van der Waals surface area contributed by atoms with Crippen LogP contribution in [0.4, 0.5) is 0 Å². The molecule has 0 bridgehead atoms. The zero-order chi connectivity index (χ0) is 15.6. The van der Waals surface area contributed by atoms with Gasteiger partial charge in [-0.1, -0.05) is 0 Å². The third-order valence-electron chi connectivity index (χ3n) is 4.92. The number of hydrogen-bond donors (Lipinski definition) is 2. The number of aromatic amines is 1. The number of likely N-dealkylation sites (tertiary alicyclic amines) is 1. The molecule has 22 heavy (non-hydrogen) atoms. The number of carbonyl (C=O) groups is 2. The Morgan fingerprint density at radius 2 is 2.45 bits per heavy atom. The molecular weight excluding hydrogens is 284 g/mol. The van der Waals surface area contributed by atoms with E-state index in [0.717, 1.165) is 5.56 Å². The summed E-state index contributed by atoms with van der Waals surface area (Å²) in [7, 11) is 1.66. The van der Waals surface area contributed by atoms with Gasteiger partial charge in [0.05, 0.1) is 18.2 Å². The highest BCUT2D eigenvalue weighted by Crippen LogP contribution is 2.42. The number of carbonyl (C=O) groups excluding carboxylic acids is 2. The SMILES string of the molecule is CNC(=O)[C@]12CCOC[C@H]1CN(C(=O)CCc1cn[nH]c1)C2. The molecule has 2 fully saturated rings. The highest BCUT2D eigenvalue weighted by molar-refractivity contribution is 5.85. The van der Waals surface area contributed by atoms with Crippen molar-refractivity contribution in [2.24, 2.45) is 11.3 Å². The lowest BCUT2D eigenvalue weighted by Gasteiger charge is -2.36. The number of H-pyrrole nitrogens is 1. The Labute approximate surface area is 129 Å². The van der Waals surface area contributed by atoms with Gasteiger partial charge in [-0.15, -0.1) is 0 Å². The van der Waals surface area contributed by atoms with E-state index in [1.165, 1.54) is 0 Å². The first-order valence-electron chi connectivity index (χ1n) is 7.71. The Balaban J connectivity index is 1.66. The molecule has 3 rings (SSSR count). The molecule has 2 aliphatic rings. The maximum absolute atomic E-state index is 12.5. The average Bonchev–Trinajstić information content (AvgIpc) is 3.19. The van der Waals surface area contributed by atoms with Gasteiger partial charge in [-0.25, -0.2) is 0 Å². The van der Waals surface area contributed by atoms with Gasteiger partial charge in [0.25, 0.3) is 0 Å². The molecule has 7 nitrogen and oxygen atoms in total. The van der Waals surface area contributed by atoms with Crippen LogP contribution < -0.4 is 5.32 Å². The molecule has 120 valence electrons. The van der Waals surface area contributed by atoms with Crippen molar-refractivity contribution in [1.29, 1.82) is 0 Å². The minimum Gasteiger partial charge on any atom is -0.381 e. The van der Waals surface area contributed by atoms with Gasteiger partial charge in [0.15, 0.2) is 0 Å². The van der Waals surface area contributed by atoms with Crippen molar-refractivity contribution in [3.63, 3.8) is 0 Å². The number of aryl methyl sites for hydroxylation is 1. The zero-order valence-corrected chi connectivity index (χ0v) is 12.8. The number of nitrogens with one attached hydrogen (secondary N) is 2. The Morgan fingerprint density at radius 3 is 3.18 bits per heavy atom. The number of nitrogens with zero attached hydrogens (tertiary/aromatic N) is 2. The van der Waals surface area contributed by atoms with E-state index in [0.29, 0.717) is 45.6 Å². The van der Waals surface area contributed by atoms with Crippen molar-refractivity contribution < 1.29 is 14.3 Å². The minimum absolute atomic E-state index is 0.0333. The molecule has 2 N–H and O–H groups in total. The van der Waals surface area contributed by atoms with E-state index in [-0.39, 0.29) is 17.7 Å². The van der Waals surface area contributed by atoms with Gasteiger partial charge in [-0.3, -0.25) is 14.7 Å². The van der Waals surface area contributed by atoms with E-state index in [4.69, 9.17) is 4.74 Å². The number of fused-ring (bicyclic) bond motifs is 1. The van der Waals surface area contributed by atoms with Crippen molar-refractivity contribution in [3.8, 4) is 0 Å². The summed E-state index contributed by atoms with van der Waals surface area (Å²) in [5, 5.41) is 9.40. The molecule has 0 aliphatic carbocycles. The smallest absolute Gasteiger partial charge is 0.228 e. The molecule has 3 heterocycles. The fraction of sp³-hybridized carbons (Fsp3) is 0.667. The molecular formula is C15H22N4O3. The first kappa shape index (κ1) is 15.0. The molecule has 1 aromatic heterocycles. The van der Waals surface area contributed by atoms with E-state index in [9.17, 15) is 9.59 Å². The monoisotopic (exact) mass is 306 g/mol. The molecule has 0 aromatic carbocycles. The Morgan fingerprint density at radius 1 is 1.59 bits per heavy atom. The van der Waals surface area contributed by atoms with Crippen molar-refractivity contribution in [3.05, 3.63) is 18.0 Å². The molecule has 0 radical (unpaired) electrons. The van der Waals surface area contributed by atoms with Crippen molar-refractivity contribution in [2.75, 3.05) is 33.4 Å². The average molecular weight is 306 g/mol. The highest BCUT2D eigenvalue weighted by Gasteiger charge is 2.54. The second-order valence-corrected chi connectivity index (χ2v) is 6.14. The van der Waals surface area contributed by atoms with Crippen LogP contribution in [0.3, 0.4) is 0 Å². The van der Waals surface area contributed by atoms with Gasteiger partial charge >= 0.3 is 0 Å². The number of hydrogen-bond acceptors (Lipinski definition) is 4. The first-order chi connectivity index (χ1) is 10.7. The second-order valence-electron chi connectivity index (χ2n) is 6.14. The van der Waals surface area contributed by atoms with Crippen LogP contribution in [0.1, 0.15) is 18.4 Å². The zero-order valence-electron chi connectivity index (χ0n) is 12.8. The summed E-state index contributed by atoms with van der Waals surface area (Å²) in [6.45, 7) is 2.25. The van der Waals surface area contributed by atoms with E-state index in [1.807, 2.05) is 4.90 Å². The van der Waals surface area contributed by atoms with E-state index < -0.39 is 5.41 Å². The molecule has 7 heteroatoms. The lowest BCUT2D eigenvalue weighted by atomic mass is 9.73.